The fourth-order valence-corrected chi connectivity index (χ4v) is 2.63. The van der Waals surface area contributed by atoms with Gasteiger partial charge in [-0.15, -0.1) is 0 Å². The number of aliphatic hydroxyl groups excluding tert-OH is 1. The monoisotopic (exact) mass is 301 g/mol. The maximum absolute atomic E-state index is 12.5. The molecular weight excluding hydrogens is 286 g/mol. The normalized spacial score (nSPS) is 18.0. The summed E-state index contributed by atoms with van der Waals surface area (Å²) in [6.45, 7) is 0.442. The molecule has 114 valence electrons. The molecule has 2 heterocycles. The topological polar surface area (TPSA) is 95.4 Å². The first-order chi connectivity index (χ1) is 10.6. The van der Waals surface area contributed by atoms with Crippen molar-refractivity contribution in [3.05, 3.63) is 62.9 Å². The van der Waals surface area contributed by atoms with Crippen LogP contribution in [0.15, 0.2) is 46.1 Å². The first kappa shape index (κ1) is 14.3. The molecular formula is C15H15N3O4. The lowest BCUT2D eigenvalue weighted by Crippen LogP contribution is -2.35. The number of carbonyl (C=O) groups is 1. The van der Waals surface area contributed by atoms with Crippen molar-refractivity contribution in [2.75, 3.05) is 11.4 Å². The van der Waals surface area contributed by atoms with E-state index in [1.807, 2.05) is 0 Å². The highest BCUT2D eigenvalue weighted by atomic mass is 16.3. The number of hydrogen-bond acceptors (Lipinski definition) is 4. The van der Waals surface area contributed by atoms with Gasteiger partial charge in [-0.3, -0.25) is 19.1 Å². The lowest BCUT2D eigenvalue weighted by molar-refractivity contribution is -0.119. The lowest BCUT2D eigenvalue weighted by atomic mass is 10.2. The SMILES string of the molecule is O=C1C(n2ccc(=O)[nH]c2=O)CCN1c1ccc(CO)cc1. The average Bonchev–Trinajstić information content (AvgIpc) is 2.89. The van der Waals surface area contributed by atoms with Gasteiger partial charge in [0.1, 0.15) is 6.04 Å². The molecule has 2 N–H and O–H groups in total. The largest absolute Gasteiger partial charge is 0.392 e. The van der Waals surface area contributed by atoms with E-state index in [0.29, 0.717) is 13.0 Å². The first-order valence-electron chi connectivity index (χ1n) is 6.93. The summed E-state index contributed by atoms with van der Waals surface area (Å²) < 4.78 is 1.26. The summed E-state index contributed by atoms with van der Waals surface area (Å²) in [5, 5.41) is 9.04. The number of amides is 1. The van der Waals surface area contributed by atoms with Gasteiger partial charge in [0.2, 0.25) is 5.91 Å². The van der Waals surface area contributed by atoms with E-state index < -0.39 is 17.3 Å². The van der Waals surface area contributed by atoms with Gasteiger partial charge in [-0.25, -0.2) is 4.79 Å². The van der Waals surface area contributed by atoms with E-state index in [0.717, 1.165) is 11.3 Å². The Morgan fingerprint density at radius 3 is 2.50 bits per heavy atom. The Labute approximate surface area is 125 Å². The van der Waals surface area contributed by atoms with E-state index in [9.17, 15) is 14.4 Å². The Balaban J connectivity index is 1.88. The van der Waals surface area contributed by atoms with Gasteiger partial charge in [0.05, 0.1) is 6.61 Å². The third-order valence-corrected chi connectivity index (χ3v) is 3.79. The zero-order valence-electron chi connectivity index (χ0n) is 11.7. The number of benzene rings is 1. The Bertz CT molecular complexity index is 807. The smallest absolute Gasteiger partial charge is 0.329 e. The van der Waals surface area contributed by atoms with Crippen LogP contribution in [-0.4, -0.2) is 27.1 Å². The molecule has 3 rings (SSSR count). The standard InChI is InChI=1S/C15H15N3O4/c19-9-10-1-3-11(4-2-10)17-7-5-12(14(17)21)18-8-6-13(20)16-15(18)22/h1-4,6,8,12,19H,5,7,9H2,(H,16,20,22). The van der Waals surface area contributed by atoms with Crippen LogP contribution in [0.5, 0.6) is 0 Å². The number of nitrogens with zero attached hydrogens (tertiary/aromatic N) is 2. The van der Waals surface area contributed by atoms with Crippen molar-refractivity contribution in [3.8, 4) is 0 Å². The minimum absolute atomic E-state index is 0.0520. The van der Waals surface area contributed by atoms with Crippen LogP contribution >= 0.6 is 0 Å². The van der Waals surface area contributed by atoms with E-state index in [4.69, 9.17) is 5.11 Å². The van der Waals surface area contributed by atoms with Crippen molar-refractivity contribution < 1.29 is 9.90 Å². The van der Waals surface area contributed by atoms with E-state index in [1.54, 1.807) is 29.2 Å². The van der Waals surface area contributed by atoms with Crippen molar-refractivity contribution >= 4 is 11.6 Å². The van der Waals surface area contributed by atoms with Gasteiger partial charge < -0.3 is 10.0 Å². The third kappa shape index (κ3) is 2.46. The molecule has 1 fully saturated rings. The molecule has 1 aromatic carbocycles. The number of anilines is 1. The van der Waals surface area contributed by atoms with E-state index >= 15 is 0 Å². The molecule has 7 heteroatoms. The van der Waals surface area contributed by atoms with Crippen molar-refractivity contribution in [2.24, 2.45) is 0 Å². The third-order valence-electron chi connectivity index (χ3n) is 3.79. The van der Waals surface area contributed by atoms with Crippen molar-refractivity contribution in [2.45, 2.75) is 19.1 Å². The maximum atomic E-state index is 12.5. The minimum Gasteiger partial charge on any atom is -0.392 e. The molecule has 2 aromatic rings. The van der Waals surface area contributed by atoms with E-state index in [2.05, 4.69) is 4.98 Å². The second-order valence-corrected chi connectivity index (χ2v) is 5.14. The molecule has 0 saturated carbocycles. The van der Waals surface area contributed by atoms with Crippen molar-refractivity contribution in [1.29, 1.82) is 0 Å². The predicted molar refractivity (Wildman–Crippen MR) is 79.7 cm³/mol. The highest BCUT2D eigenvalue weighted by molar-refractivity contribution is 5.98. The summed E-state index contributed by atoms with van der Waals surface area (Å²) in [6.07, 6.45) is 1.84. The number of aromatic nitrogens is 2. The van der Waals surface area contributed by atoms with Crippen LogP contribution in [-0.2, 0) is 11.4 Å². The predicted octanol–water partition coefficient (Wildman–Crippen LogP) is 0.00690. The summed E-state index contributed by atoms with van der Waals surface area (Å²) in [4.78, 5) is 39.2. The van der Waals surface area contributed by atoms with Gasteiger partial charge >= 0.3 is 5.69 Å². The number of aliphatic hydroxyl groups is 1. The fourth-order valence-electron chi connectivity index (χ4n) is 2.63. The second-order valence-electron chi connectivity index (χ2n) is 5.14. The fraction of sp³-hybridized carbons (Fsp3) is 0.267. The average molecular weight is 301 g/mol. The van der Waals surface area contributed by atoms with Gasteiger partial charge in [0, 0.05) is 24.5 Å². The van der Waals surface area contributed by atoms with Crippen LogP contribution in [0, 0.1) is 0 Å². The Morgan fingerprint density at radius 1 is 1.14 bits per heavy atom. The minimum atomic E-state index is -0.609. The van der Waals surface area contributed by atoms with E-state index in [-0.39, 0.29) is 12.5 Å². The quantitative estimate of drug-likeness (QED) is 0.834. The van der Waals surface area contributed by atoms with Crippen LogP contribution in [0.4, 0.5) is 5.69 Å². The molecule has 0 aliphatic carbocycles. The van der Waals surface area contributed by atoms with Crippen LogP contribution in [0.25, 0.3) is 0 Å². The van der Waals surface area contributed by atoms with Gasteiger partial charge in [-0.1, -0.05) is 12.1 Å². The van der Waals surface area contributed by atoms with Crippen molar-refractivity contribution in [3.63, 3.8) is 0 Å². The Kier molecular flexibility index (Phi) is 3.64. The molecule has 1 saturated heterocycles. The molecule has 1 unspecified atom stereocenters. The summed E-state index contributed by atoms with van der Waals surface area (Å²) in [6, 6.07) is 7.66. The lowest BCUT2D eigenvalue weighted by Gasteiger charge is -2.17. The molecule has 0 spiro atoms. The molecule has 0 bridgehead atoms. The summed E-state index contributed by atoms with van der Waals surface area (Å²) in [5.41, 5.74) is 0.428. The zero-order valence-corrected chi connectivity index (χ0v) is 11.7. The molecule has 22 heavy (non-hydrogen) atoms. The molecule has 7 nitrogen and oxygen atoms in total. The van der Waals surface area contributed by atoms with Gasteiger partial charge in [0.15, 0.2) is 0 Å². The number of carbonyl (C=O) groups excluding carboxylic acids is 1. The summed E-state index contributed by atoms with van der Waals surface area (Å²) in [7, 11) is 0. The molecule has 0 radical (unpaired) electrons. The molecule has 1 amide bonds. The van der Waals surface area contributed by atoms with Gasteiger partial charge in [0.25, 0.3) is 5.56 Å². The summed E-state index contributed by atoms with van der Waals surface area (Å²) in [5.74, 6) is -0.189. The number of H-pyrrole nitrogens is 1. The highest BCUT2D eigenvalue weighted by Crippen LogP contribution is 2.27. The van der Waals surface area contributed by atoms with Crippen LogP contribution in [0.3, 0.4) is 0 Å². The van der Waals surface area contributed by atoms with Gasteiger partial charge in [-0.2, -0.15) is 0 Å². The van der Waals surface area contributed by atoms with Crippen molar-refractivity contribution in [1.82, 2.24) is 9.55 Å². The van der Waals surface area contributed by atoms with Gasteiger partial charge in [-0.05, 0) is 24.1 Å². The number of rotatable bonds is 3. The van der Waals surface area contributed by atoms with E-state index in [1.165, 1.54) is 16.8 Å². The van der Waals surface area contributed by atoms with Crippen LogP contribution in [0.1, 0.15) is 18.0 Å². The number of aromatic amines is 1. The number of hydrogen-bond donors (Lipinski definition) is 2. The molecule has 1 aliphatic rings. The second kappa shape index (κ2) is 5.61. The molecule has 1 atom stereocenters. The number of nitrogens with one attached hydrogen (secondary N) is 1. The maximum Gasteiger partial charge on any atom is 0.329 e. The Morgan fingerprint density at radius 2 is 1.86 bits per heavy atom. The highest BCUT2D eigenvalue weighted by Gasteiger charge is 2.34. The Hall–Kier alpha value is -2.67. The summed E-state index contributed by atoms with van der Waals surface area (Å²) >= 11 is 0. The first-order valence-corrected chi connectivity index (χ1v) is 6.93. The van der Waals surface area contributed by atoms with Crippen LogP contribution < -0.4 is 16.1 Å². The molecule has 1 aromatic heterocycles. The van der Waals surface area contributed by atoms with Crippen LogP contribution in [0.2, 0.25) is 0 Å². The zero-order chi connectivity index (χ0) is 15.7. The molecule has 1 aliphatic heterocycles.